The quantitative estimate of drug-likeness (QED) is 0.496. The maximum atomic E-state index is 12.8. The lowest BCUT2D eigenvalue weighted by atomic mass is 10.1. The lowest BCUT2D eigenvalue weighted by Crippen LogP contribution is -2.33. The average Bonchev–Trinajstić information content (AvgIpc) is 2.68. The van der Waals surface area contributed by atoms with Crippen LogP contribution < -0.4 is 15.5 Å². The summed E-state index contributed by atoms with van der Waals surface area (Å²) < 4.78 is 5.31. The van der Waals surface area contributed by atoms with Gasteiger partial charge in [0.05, 0.1) is 5.56 Å². The highest BCUT2D eigenvalue weighted by Gasteiger charge is 2.20. The van der Waals surface area contributed by atoms with Gasteiger partial charge in [-0.05, 0) is 57.7 Å². The molecule has 0 radical (unpaired) electrons. The van der Waals surface area contributed by atoms with Crippen LogP contribution in [0.15, 0.2) is 18.2 Å². The Kier molecular flexibility index (Phi) is 8.88. The number of ether oxygens (including phenoxy) is 1. The van der Waals surface area contributed by atoms with E-state index in [0.717, 1.165) is 38.0 Å². The number of carbonyl (C=O) groups is 2. The van der Waals surface area contributed by atoms with E-state index in [1.54, 1.807) is 13.0 Å². The summed E-state index contributed by atoms with van der Waals surface area (Å²) in [4.78, 5) is 26.9. The van der Waals surface area contributed by atoms with E-state index in [2.05, 4.69) is 15.5 Å². The van der Waals surface area contributed by atoms with Crippen molar-refractivity contribution in [3.8, 4) is 0 Å². The van der Waals surface area contributed by atoms with Crippen LogP contribution in [0, 0.1) is 0 Å². The van der Waals surface area contributed by atoms with E-state index in [4.69, 9.17) is 16.3 Å². The number of halogens is 1. The maximum Gasteiger partial charge on any atom is 0.253 e. The third kappa shape index (κ3) is 6.70. The average molecular weight is 396 g/mol. The van der Waals surface area contributed by atoms with Crippen molar-refractivity contribution < 1.29 is 14.3 Å². The minimum absolute atomic E-state index is 0.137. The van der Waals surface area contributed by atoms with Crippen LogP contribution in [0.2, 0.25) is 0 Å². The SMILES string of the molecule is CCOCCCNC(=O)c1cc(NC(=O)[C@@H](C)Cl)ccc1N1CCCCC1. The topological polar surface area (TPSA) is 70.7 Å². The third-order valence-corrected chi connectivity index (χ3v) is 4.72. The minimum Gasteiger partial charge on any atom is -0.382 e. The van der Waals surface area contributed by atoms with E-state index in [-0.39, 0.29) is 11.8 Å². The fourth-order valence-electron chi connectivity index (χ4n) is 3.06. The Hall–Kier alpha value is -1.79. The van der Waals surface area contributed by atoms with Crippen LogP contribution in [0.3, 0.4) is 0 Å². The first kappa shape index (κ1) is 21.5. The molecule has 1 atom stereocenters. The summed E-state index contributed by atoms with van der Waals surface area (Å²) in [6.45, 7) is 7.29. The van der Waals surface area contributed by atoms with Crippen molar-refractivity contribution in [1.82, 2.24) is 5.32 Å². The zero-order chi connectivity index (χ0) is 19.6. The normalized spacial score (nSPS) is 15.3. The van der Waals surface area contributed by atoms with Gasteiger partial charge in [-0.25, -0.2) is 0 Å². The number of nitrogens with zero attached hydrogens (tertiary/aromatic N) is 1. The van der Waals surface area contributed by atoms with Gasteiger partial charge < -0.3 is 20.3 Å². The molecule has 0 aliphatic carbocycles. The van der Waals surface area contributed by atoms with Crippen molar-refractivity contribution in [3.63, 3.8) is 0 Å². The molecule has 0 aromatic heterocycles. The number of rotatable bonds is 9. The van der Waals surface area contributed by atoms with Crippen LogP contribution in [0.25, 0.3) is 0 Å². The van der Waals surface area contributed by atoms with Crippen LogP contribution in [0.1, 0.15) is 49.9 Å². The standard InChI is InChI=1S/C20H30ClN3O3/c1-3-27-13-7-10-22-20(26)17-14-16(23-19(25)15(2)21)8-9-18(17)24-11-5-4-6-12-24/h8-9,14-15H,3-7,10-13H2,1-2H3,(H,22,26)(H,23,25)/t15-/m1/s1. The Labute approximate surface area is 166 Å². The predicted molar refractivity (Wildman–Crippen MR) is 110 cm³/mol. The van der Waals surface area contributed by atoms with Crippen LogP contribution in [0.4, 0.5) is 11.4 Å². The second-order valence-electron chi connectivity index (χ2n) is 6.69. The van der Waals surface area contributed by atoms with Gasteiger partial charge in [0.1, 0.15) is 5.38 Å². The molecule has 1 aliphatic heterocycles. The molecule has 1 aromatic rings. The van der Waals surface area contributed by atoms with Crippen molar-refractivity contribution in [2.75, 3.05) is 43.1 Å². The molecule has 6 nitrogen and oxygen atoms in total. The Morgan fingerprint density at radius 3 is 2.67 bits per heavy atom. The second-order valence-corrected chi connectivity index (χ2v) is 7.35. The van der Waals surface area contributed by atoms with E-state index in [9.17, 15) is 9.59 Å². The van der Waals surface area contributed by atoms with Crippen molar-refractivity contribution in [1.29, 1.82) is 0 Å². The van der Waals surface area contributed by atoms with E-state index < -0.39 is 5.38 Å². The summed E-state index contributed by atoms with van der Waals surface area (Å²) in [5, 5.41) is 5.08. The molecule has 150 valence electrons. The molecular weight excluding hydrogens is 366 g/mol. The molecule has 2 amide bonds. The van der Waals surface area contributed by atoms with E-state index in [1.807, 2.05) is 19.1 Å². The van der Waals surface area contributed by atoms with Crippen molar-refractivity contribution >= 4 is 34.8 Å². The van der Waals surface area contributed by atoms with Crippen LogP contribution in [0.5, 0.6) is 0 Å². The minimum atomic E-state index is -0.636. The molecule has 2 rings (SSSR count). The van der Waals surface area contributed by atoms with E-state index in [0.29, 0.717) is 31.0 Å². The second kappa shape index (κ2) is 11.1. The van der Waals surface area contributed by atoms with Crippen molar-refractivity contribution in [2.24, 2.45) is 0 Å². The summed E-state index contributed by atoms with van der Waals surface area (Å²) in [7, 11) is 0. The number of carbonyl (C=O) groups excluding carboxylic acids is 2. The number of piperidine rings is 1. The molecule has 7 heteroatoms. The fraction of sp³-hybridized carbons (Fsp3) is 0.600. The van der Waals surface area contributed by atoms with Gasteiger partial charge in [-0.2, -0.15) is 0 Å². The molecule has 2 N–H and O–H groups in total. The molecule has 1 saturated heterocycles. The van der Waals surface area contributed by atoms with E-state index in [1.165, 1.54) is 6.42 Å². The maximum absolute atomic E-state index is 12.8. The van der Waals surface area contributed by atoms with Gasteiger partial charge in [0.15, 0.2) is 0 Å². The van der Waals surface area contributed by atoms with Gasteiger partial charge in [0, 0.05) is 44.2 Å². The summed E-state index contributed by atoms with van der Waals surface area (Å²) in [6.07, 6.45) is 4.23. The first-order valence-corrected chi connectivity index (χ1v) is 10.2. The van der Waals surface area contributed by atoms with Crippen LogP contribution in [-0.2, 0) is 9.53 Å². The molecule has 0 saturated carbocycles. The number of amides is 2. The molecule has 0 bridgehead atoms. The molecule has 1 aromatic carbocycles. The number of hydrogen-bond acceptors (Lipinski definition) is 4. The summed E-state index contributed by atoms with van der Waals surface area (Å²) in [5.74, 6) is -0.424. The van der Waals surface area contributed by atoms with Gasteiger partial charge in [0.2, 0.25) is 5.91 Å². The van der Waals surface area contributed by atoms with Crippen LogP contribution in [-0.4, -0.2) is 50.0 Å². The predicted octanol–water partition coefficient (Wildman–Crippen LogP) is 3.40. The van der Waals surface area contributed by atoms with Gasteiger partial charge in [-0.1, -0.05) is 0 Å². The highest BCUT2D eigenvalue weighted by Crippen LogP contribution is 2.27. The smallest absolute Gasteiger partial charge is 0.253 e. The molecule has 1 heterocycles. The molecule has 27 heavy (non-hydrogen) atoms. The number of benzene rings is 1. The Morgan fingerprint density at radius 2 is 2.00 bits per heavy atom. The molecular formula is C20H30ClN3O3. The molecule has 1 fully saturated rings. The van der Waals surface area contributed by atoms with Gasteiger partial charge in [-0.15, -0.1) is 11.6 Å². The highest BCUT2D eigenvalue weighted by molar-refractivity contribution is 6.32. The first-order valence-electron chi connectivity index (χ1n) is 9.72. The molecule has 0 spiro atoms. The molecule has 1 aliphatic rings. The summed E-state index contributed by atoms with van der Waals surface area (Å²) in [5.41, 5.74) is 2.06. The zero-order valence-corrected chi connectivity index (χ0v) is 17.0. The number of anilines is 2. The zero-order valence-electron chi connectivity index (χ0n) is 16.2. The van der Waals surface area contributed by atoms with Gasteiger partial charge in [-0.3, -0.25) is 9.59 Å². The fourth-order valence-corrected chi connectivity index (χ4v) is 3.12. The Bertz CT molecular complexity index is 631. The lowest BCUT2D eigenvalue weighted by Gasteiger charge is -2.30. The number of hydrogen-bond donors (Lipinski definition) is 2. The van der Waals surface area contributed by atoms with Gasteiger partial charge >= 0.3 is 0 Å². The van der Waals surface area contributed by atoms with Crippen LogP contribution >= 0.6 is 11.6 Å². The lowest BCUT2D eigenvalue weighted by molar-refractivity contribution is -0.115. The highest BCUT2D eigenvalue weighted by atomic mass is 35.5. The third-order valence-electron chi connectivity index (χ3n) is 4.52. The van der Waals surface area contributed by atoms with Gasteiger partial charge in [0.25, 0.3) is 5.91 Å². The molecule has 0 unspecified atom stereocenters. The largest absolute Gasteiger partial charge is 0.382 e. The Morgan fingerprint density at radius 1 is 1.26 bits per heavy atom. The summed E-state index contributed by atoms with van der Waals surface area (Å²) in [6, 6.07) is 5.47. The first-order chi connectivity index (χ1) is 13.0. The van der Waals surface area contributed by atoms with E-state index >= 15 is 0 Å². The number of nitrogens with one attached hydrogen (secondary N) is 2. The van der Waals surface area contributed by atoms with Crippen molar-refractivity contribution in [3.05, 3.63) is 23.8 Å². The Balaban J connectivity index is 2.14. The summed E-state index contributed by atoms with van der Waals surface area (Å²) >= 11 is 5.83. The monoisotopic (exact) mass is 395 g/mol. The number of alkyl halides is 1. The van der Waals surface area contributed by atoms with Crippen molar-refractivity contribution in [2.45, 2.75) is 44.9 Å².